The zero-order chi connectivity index (χ0) is 20.7. The number of primary amides is 1. The first-order valence-electron chi connectivity index (χ1n) is 10.6. The molecule has 1 aliphatic heterocycles. The second-order valence-corrected chi connectivity index (χ2v) is 8.50. The van der Waals surface area contributed by atoms with Crippen LogP contribution in [0, 0.1) is 0 Å². The molecule has 1 aliphatic carbocycles. The van der Waals surface area contributed by atoms with Gasteiger partial charge < -0.3 is 14.9 Å². The molecular weight excluding hydrogens is 380 g/mol. The largest absolute Gasteiger partial charge is 0.455 e. The highest BCUT2D eigenvalue weighted by Gasteiger charge is 2.34. The number of rotatable bonds is 6. The van der Waals surface area contributed by atoms with Crippen molar-refractivity contribution >= 4 is 5.91 Å². The zero-order valence-electron chi connectivity index (χ0n) is 17.2. The first-order valence-corrected chi connectivity index (χ1v) is 10.6. The molecule has 1 unspecified atom stereocenters. The summed E-state index contributed by atoms with van der Waals surface area (Å²) in [5.41, 5.74) is 10.4. The van der Waals surface area contributed by atoms with Gasteiger partial charge in [0, 0.05) is 36.5 Å². The molecule has 2 aliphatic rings. The molecule has 0 radical (unpaired) electrons. The van der Waals surface area contributed by atoms with Gasteiger partial charge in [0.15, 0.2) is 5.76 Å². The Kier molecular flexibility index (Phi) is 4.70. The Morgan fingerprint density at radius 1 is 1.33 bits per heavy atom. The molecule has 0 bridgehead atoms. The van der Waals surface area contributed by atoms with Gasteiger partial charge in [-0.25, -0.2) is 0 Å². The summed E-state index contributed by atoms with van der Waals surface area (Å²) in [6, 6.07) is 5.87. The third-order valence-electron chi connectivity index (χ3n) is 6.25. The van der Waals surface area contributed by atoms with E-state index < -0.39 is 5.91 Å². The lowest BCUT2D eigenvalue weighted by Crippen LogP contribution is -2.24. The Labute approximate surface area is 175 Å². The fourth-order valence-electron chi connectivity index (χ4n) is 4.67. The predicted molar refractivity (Wildman–Crippen MR) is 111 cm³/mol. The third-order valence-corrected chi connectivity index (χ3v) is 6.25. The predicted octanol–water partition coefficient (Wildman–Crippen LogP) is 3.29. The standard InChI is InChI=1S/C23H26N4O3/c1-23(9-4-12-29-23)10-8-17-19-18(30-21(17)22(24)28)7-6-15-13-27(26-20(15)19)14-16-5-2-3-11-25-16/h2-3,5,11,13H,4,6-10,12,14H2,1H3,(H2,24,28). The van der Waals surface area contributed by atoms with Gasteiger partial charge in [0.1, 0.15) is 5.76 Å². The van der Waals surface area contributed by atoms with Crippen LogP contribution < -0.4 is 5.73 Å². The van der Waals surface area contributed by atoms with Crippen molar-refractivity contribution in [2.24, 2.45) is 5.73 Å². The molecule has 5 rings (SSSR count). The van der Waals surface area contributed by atoms with Gasteiger partial charge in [-0.2, -0.15) is 5.10 Å². The summed E-state index contributed by atoms with van der Waals surface area (Å²) >= 11 is 0. The van der Waals surface area contributed by atoms with E-state index in [1.165, 1.54) is 5.56 Å². The number of aromatic nitrogens is 3. The molecule has 0 saturated carbocycles. The molecule has 4 heterocycles. The van der Waals surface area contributed by atoms with Gasteiger partial charge in [-0.15, -0.1) is 0 Å². The molecule has 2 N–H and O–H groups in total. The summed E-state index contributed by atoms with van der Waals surface area (Å²) in [4.78, 5) is 16.5. The van der Waals surface area contributed by atoms with E-state index in [2.05, 4.69) is 18.1 Å². The van der Waals surface area contributed by atoms with Crippen LogP contribution in [0.2, 0.25) is 0 Å². The molecule has 156 valence electrons. The summed E-state index contributed by atoms with van der Waals surface area (Å²) < 4.78 is 13.8. The van der Waals surface area contributed by atoms with Crippen molar-refractivity contribution in [1.29, 1.82) is 0 Å². The minimum absolute atomic E-state index is 0.158. The highest BCUT2D eigenvalue weighted by atomic mass is 16.5. The monoisotopic (exact) mass is 406 g/mol. The SMILES string of the molecule is CC1(CCc2c(C(N)=O)oc3c2-c2nn(Cc4ccccn4)cc2CC3)CCCO1. The van der Waals surface area contributed by atoms with Crippen molar-refractivity contribution in [3.05, 3.63) is 58.9 Å². The van der Waals surface area contributed by atoms with E-state index in [0.717, 1.165) is 67.0 Å². The maximum atomic E-state index is 12.1. The summed E-state index contributed by atoms with van der Waals surface area (Å²) in [5.74, 6) is 0.562. The fraction of sp³-hybridized carbons (Fsp3) is 0.435. The van der Waals surface area contributed by atoms with Crippen LogP contribution >= 0.6 is 0 Å². The van der Waals surface area contributed by atoms with Crippen molar-refractivity contribution in [2.75, 3.05) is 6.61 Å². The van der Waals surface area contributed by atoms with Crippen molar-refractivity contribution < 1.29 is 13.9 Å². The van der Waals surface area contributed by atoms with Gasteiger partial charge in [-0.3, -0.25) is 14.5 Å². The van der Waals surface area contributed by atoms with Crippen molar-refractivity contribution in [3.8, 4) is 11.3 Å². The Hall–Kier alpha value is -2.93. The number of pyridine rings is 1. The van der Waals surface area contributed by atoms with Crippen LogP contribution in [0.1, 0.15) is 59.3 Å². The van der Waals surface area contributed by atoms with Crippen LogP contribution in [0.5, 0.6) is 0 Å². The molecular formula is C23H26N4O3. The topological polar surface area (TPSA) is 96.2 Å². The van der Waals surface area contributed by atoms with E-state index >= 15 is 0 Å². The second-order valence-electron chi connectivity index (χ2n) is 8.50. The van der Waals surface area contributed by atoms with E-state index in [4.69, 9.17) is 20.0 Å². The highest BCUT2D eigenvalue weighted by molar-refractivity contribution is 5.94. The number of furan rings is 1. The smallest absolute Gasteiger partial charge is 0.284 e. The normalized spacial score (nSPS) is 20.2. The molecule has 7 nitrogen and oxygen atoms in total. The average molecular weight is 406 g/mol. The number of hydrogen-bond acceptors (Lipinski definition) is 5. The number of nitrogens with two attached hydrogens (primary N) is 1. The van der Waals surface area contributed by atoms with Crippen molar-refractivity contribution in [3.63, 3.8) is 0 Å². The average Bonchev–Trinajstić information content (AvgIpc) is 3.43. The van der Waals surface area contributed by atoms with Gasteiger partial charge in [0.2, 0.25) is 0 Å². The maximum absolute atomic E-state index is 12.1. The third kappa shape index (κ3) is 3.43. The number of ether oxygens (including phenoxy) is 1. The Morgan fingerprint density at radius 3 is 2.97 bits per heavy atom. The first kappa shape index (κ1) is 19.1. The van der Waals surface area contributed by atoms with Gasteiger partial charge in [-0.1, -0.05) is 6.07 Å². The summed E-state index contributed by atoms with van der Waals surface area (Å²) in [6.45, 7) is 3.54. The van der Waals surface area contributed by atoms with E-state index in [1.54, 1.807) is 6.20 Å². The molecule has 3 aromatic heterocycles. The van der Waals surface area contributed by atoms with Gasteiger partial charge in [0.25, 0.3) is 5.91 Å². The Morgan fingerprint density at radius 2 is 2.23 bits per heavy atom. The first-order chi connectivity index (χ1) is 14.5. The van der Waals surface area contributed by atoms with E-state index in [-0.39, 0.29) is 11.4 Å². The van der Waals surface area contributed by atoms with Crippen LogP contribution in [0.25, 0.3) is 11.3 Å². The van der Waals surface area contributed by atoms with Crippen molar-refractivity contribution in [1.82, 2.24) is 14.8 Å². The molecule has 1 fully saturated rings. The van der Waals surface area contributed by atoms with Gasteiger partial charge in [-0.05, 0) is 56.7 Å². The summed E-state index contributed by atoms with van der Waals surface area (Å²) in [7, 11) is 0. The minimum Gasteiger partial charge on any atom is -0.455 e. The van der Waals surface area contributed by atoms with Gasteiger partial charge >= 0.3 is 0 Å². The van der Waals surface area contributed by atoms with Crippen LogP contribution in [0.4, 0.5) is 0 Å². The number of amides is 1. The number of aryl methyl sites for hydroxylation is 2. The number of carbonyl (C=O) groups excluding carboxylic acids is 1. The molecule has 3 aromatic rings. The van der Waals surface area contributed by atoms with Gasteiger partial charge in [0.05, 0.1) is 23.5 Å². The fourth-order valence-corrected chi connectivity index (χ4v) is 4.67. The lowest BCUT2D eigenvalue weighted by Gasteiger charge is -2.23. The van der Waals surface area contributed by atoms with E-state index in [1.807, 2.05) is 22.9 Å². The highest BCUT2D eigenvalue weighted by Crippen LogP contribution is 2.40. The van der Waals surface area contributed by atoms with E-state index in [0.29, 0.717) is 13.0 Å². The quantitative estimate of drug-likeness (QED) is 0.678. The van der Waals surface area contributed by atoms with Crippen molar-refractivity contribution in [2.45, 2.75) is 57.6 Å². The number of carbonyl (C=O) groups is 1. The molecule has 7 heteroatoms. The Balaban J connectivity index is 1.50. The molecule has 1 amide bonds. The number of hydrogen-bond donors (Lipinski definition) is 1. The van der Waals surface area contributed by atoms with Crippen LogP contribution in [0.3, 0.4) is 0 Å². The molecule has 30 heavy (non-hydrogen) atoms. The molecule has 0 aromatic carbocycles. The molecule has 0 spiro atoms. The lowest BCUT2D eigenvalue weighted by molar-refractivity contribution is 0.0135. The number of nitrogens with zero attached hydrogens (tertiary/aromatic N) is 3. The summed E-state index contributed by atoms with van der Waals surface area (Å²) in [5, 5.41) is 4.85. The lowest BCUT2D eigenvalue weighted by atomic mass is 9.88. The maximum Gasteiger partial charge on any atom is 0.284 e. The zero-order valence-corrected chi connectivity index (χ0v) is 17.2. The van der Waals surface area contributed by atoms with Crippen LogP contribution in [0.15, 0.2) is 35.0 Å². The molecule has 1 saturated heterocycles. The van der Waals surface area contributed by atoms with E-state index in [9.17, 15) is 4.79 Å². The molecule has 1 atom stereocenters. The minimum atomic E-state index is -0.522. The number of fused-ring (bicyclic) bond motifs is 3. The van der Waals surface area contributed by atoms with Crippen LogP contribution in [-0.2, 0) is 30.5 Å². The Bertz CT molecular complexity index is 1080. The summed E-state index contributed by atoms with van der Waals surface area (Å²) in [6.07, 6.45) is 9.05. The van der Waals surface area contributed by atoms with Crippen LogP contribution in [-0.4, -0.2) is 32.9 Å². The second kappa shape index (κ2) is 7.40.